The van der Waals surface area contributed by atoms with Crippen LogP contribution in [0, 0.1) is 0 Å². The third-order valence-corrected chi connectivity index (χ3v) is 3.93. The Kier molecular flexibility index (Phi) is 5.27. The predicted octanol–water partition coefficient (Wildman–Crippen LogP) is 2.34. The molecule has 6 nitrogen and oxygen atoms in total. The van der Waals surface area contributed by atoms with Crippen LogP contribution in [0.2, 0.25) is 0 Å². The number of nitrogens with two attached hydrogens (primary N) is 1. The lowest BCUT2D eigenvalue weighted by molar-refractivity contribution is 0.187. The van der Waals surface area contributed by atoms with Gasteiger partial charge < -0.3 is 20.7 Å². The molecular formula is C15H24N4O2. The topological polar surface area (TPSA) is 79.6 Å². The first-order valence-electron chi connectivity index (χ1n) is 7.28. The molecule has 0 aromatic heterocycles. The zero-order chi connectivity index (χ0) is 15.2. The van der Waals surface area contributed by atoms with E-state index in [9.17, 15) is 4.79 Å². The minimum Gasteiger partial charge on any atom is -0.453 e. The van der Waals surface area contributed by atoms with Crippen molar-refractivity contribution in [1.82, 2.24) is 4.90 Å². The summed E-state index contributed by atoms with van der Waals surface area (Å²) in [5.74, 6) is 0. The Balaban J connectivity index is 1.92. The summed E-state index contributed by atoms with van der Waals surface area (Å²) in [6.07, 6.45) is 3.28. The highest BCUT2D eigenvalue weighted by atomic mass is 16.5. The molecule has 1 aromatic carbocycles. The van der Waals surface area contributed by atoms with Gasteiger partial charge in [0.15, 0.2) is 0 Å². The van der Waals surface area contributed by atoms with E-state index < -0.39 is 6.09 Å². The number of benzene rings is 1. The highest BCUT2D eigenvalue weighted by Gasteiger charge is 2.18. The number of nitrogens with zero attached hydrogens (tertiary/aromatic N) is 1. The molecule has 1 heterocycles. The zero-order valence-corrected chi connectivity index (χ0v) is 12.7. The smallest absolute Gasteiger partial charge is 0.411 e. The number of nitrogen functional groups attached to an aromatic ring is 1. The molecule has 1 aliphatic rings. The highest BCUT2D eigenvalue weighted by Crippen LogP contribution is 2.24. The van der Waals surface area contributed by atoms with Crippen molar-refractivity contribution in [1.29, 1.82) is 0 Å². The molecule has 116 valence electrons. The van der Waals surface area contributed by atoms with Gasteiger partial charge in [-0.1, -0.05) is 6.42 Å². The van der Waals surface area contributed by atoms with Crippen LogP contribution in [0.3, 0.4) is 0 Å². The molecule has 2 rings (SSSR count). The predicted molar refractivity (Wildman–Crippen MR) is 85.6 cm³/mol. The van der Waals surface area contributed by atoms with Crippen molar-refractivity contribution in [3.05, 3.63) is 18.2 Å². The van der Waals surface area contributed by atoms with Crippen molar-refractivity contribution in [3.8, 4) is 0 Å². The lowest BCUT2D eigenvalue weighted by atomic mass is 10.0. The number of ether oxygens (including phenoxy) is 1. The van der Waals surface area contributed by atoms with Gasteiger partial charge in [-0.2, -0.15) is 0 Å². The van der Waals surface area contributed by atoms with Gasteiger partial charge in [-0.15, -0.1) is 0 Å². The fourth-order valence-corrected chi connectivity index (χ4v) is 2.60. The van der Waals surface area contributed by atoms with E-state index in [1.165, 1.54) is 26.4 Å². The normalized spacial score (nSPS) is 19.0. The summed E-state index contributed by atoms with van der Waals surface area (Å²) in [7, 11) is 3.49. The molecule has 4 N–H and O–H groups in total. The van der Waals surface area contributed by atoms with Crippen molar-refractivity contribution in [2.24, 2.45) is 0 Å². The molecule has 6 heteroatoms. The van der Waals surface area contributed by atoms with E-state index in [1.54, 1.807) is 12.1 Å². The SMILES string of the molecule is COC(=O)Nc1ccc(NC[C@@H]2CCCCN2C)c(N)c1. The molecule has 1 aliphatic heterocycles. The van der Waals surface area contributed by atoms with E-state index >= 15 is 0 Å². The number of nitrogens with one attached hydrogen (secondary N) is 2. The number of piperidine rings is 1. The van der Waals surface area contributed by atoms with Gasteiger partial charge in [0.2, 0.25) is 0 Å². The van der Waals surface area contributed by atoms with Crippen LogP contribution >= 0.6 is 0 Å². The molecule has 0 aliphatic carbocycles. The molecule has 21 heavy (non-hydrogen) atoms. The second-order valence-corrected chi connectivity index (χ2v) is 5.43. The van der Waals surface area contributed by atoms with Gasteiger partial charge in [0, 0.05) is 18.3 Å². The quantitative estimate of drug-likeness (QED) is 0.742. The molecule has 1 amide bonds. The van der Waals surface area contributed by atoms with Crippen LogP contribution in [0.4, 0.5) is 21.9 Å². The van der Waals surface area contributed by atoms with Crippen LogP contribution in [0.15, 0.2) is 18.2 Å². The maximum Gasteiger partial charge on any atom is 0.411 e. The first kappa shape index (κ1) is 15.4. The summed E-state index contributed by atoms with van der Waals surface area (Å²) < 4.78 is 4.55. The van der Waals surface area contributed by atoms with E-state index in [1.807, 2.05) is 6.07 Å². The fourth-order valence-electron chi connectivity index (χ4n) is 2.60. The lowest BCUT2D eigenvalue weighted by Gasteiger charge is -2.32. The first-order valence-corrected chi connectivity index (χ1v) is 7.28. The minimum absolute atomic E-state index is 0.501. The van der Waals surface area contributed by atoms with Crippen LogP contribution in [0.25, 0.3) is 0 Å². The third-order valence-electron chi connectivity index (χ3n) is 3.93. The van der Waals surface area contributed by atoms with Gasteiger partial charge in [0.05, 0.1) is 18.5 Å². The Bertz CT molecular complexity index is 493. The monoisotopic (exact) mass is 292 g/mol. The van der Waals surface area contributed by atoms with Gasteiger partial charge >= 0.3 is 6.09 Å². The number of anilines is 3. The number of likely N-dealkylation sites (N-methyl/N-ethyl adjacent to an activating group) is 1. The Morgan fingerprint density at radius 1 is 1.48 bits per heavy atom. The number of carbonyl (C=O) groups excluding carboxylic acids is 1. The average Bonchev–Trinajstić information content (AvgIpc) is 2.48. The summed E-state index contributed by atoms with van der Waals surface area (Å²) >= 11 is 0. The Morgan fingerprint density at radius 3 is 2.95 bits per heavy atom. The van der Waals surface area contributed by atoms with E-state index in [0.717, 1.165) is 18.8 Å². The van der Waals surface area contributed by atoms with Crippen molar-refractivity contribution in [2.75, 3.05) is 43.6 Å². The minimum atomic E-state index is -0.501. The van der Waals surface area contributed by atoms with E-state index in [2.05, 4.69) is 27.3 Å². The van der Waals surface area contributed by atoms with E-state index in [4.69, 9.17) is 5.73 Å². The molecule has 0 bridgehead atoms. The number of amides is 1. The van der Waals surface area contributed by atoms with Gasteiger partial charge in [0.25, 0.3) is 0 Å². The molecule has 0 unspecified atom stereocenters. The molecular weight excluding hydrogens is 268 g/mol. The molecule has 0 radical (unpaired) electrons. The molecule has 1 atom stereocenters. The standard InChI is InChI=1S/C15H24N4O2/c1-19-8-4-3-5-12(19)10-17-14-7-6-11(9-13(14)16)18-15(20)21-2/h6-7,9,12,17H,3-5,8,10,16H2,1-2H3,(H,18,20)/t12-/m0/s1. The number of likely N-dealkylation sites (tertiary alicyclic amines) is 1. The van der Waals surface area contributed by atoms with E-state index in [-0.39, 0.29) is 0 Å². The van der Waals surface area contributed by atoms with E-state index in [0.29, 0.717) is 17.4 Å². The molecule has 1 aromatic rings. The number of rotatable bonds is 4. The van der Waals surface area contributed by atoms with Crippen molar-refractivity contribution < 1.29 is 9.53 Å². The van der Waals surface area contributed by atoms with Gasteiger partial charge in [-0.3, -0.25) is 5.32 Å². The maximum absolute atomic E-state index is 11.2. The molecule has 0 spiro atoms. The number of methoxy groups -OCH3 is 1. The summed E-state index contributed by atoms with van der Waals surface area (Å²) in [5.41, 5.74) is 8.15. The summed E-state index contributed by atoms with van der Waals surface area (Å²) in [4.78, 5) is 13.5. The second-order valence-electron chi connectivity index (χ2n) is 5.43. The molecule has 1 saturated heterocycles. The average molecular weight is 292 g/mol. The van der Waals surface area contributed by atoms with Crippen LogP contribution in [-0.2, 0) is 4.74 Å². The lowest BCUT2D eigenvalue weighted by Crippen LogP contribution is -2.40. The van der Waals surface area contributed by atoms with Crippen molar-refractivity contribution in [2.45, 2.75) is 25.3 Å². The number of hydrogen-bond donors (Lipinski definition) is 3. The number of carbonyl (C=O) groups is 1. The Morgan fingerprint density at radius 2 is 2.29 bits per heavy atom. The third kappa shape index (κ3) is 4.26. The van der Waals surface area contributed by atoms with Crippen LogP contribution in [0.1, 0.15) is 19.3 Å². The summed E-state index contributed by atoms with van der Waals surface area (Å²) in [6, 6.07) is 5.96. The summed E-state index contributed by atoms with van der Waals surface area (Å²) in [6.45, 7) is 2.04. The van der Waals surface area contributed by atoms with Gasteiger partial charge in [-0.25, -0.2) is 4.79 Å². The van der Waals surface area contributed by atoms with Gasteiger partial charge in [-0.05, 0) is 44.6 Å². The highest BCUT2D eigenvalue weighted by molar-refractivity contribution is 5.86. The van der Waals surface area contributed by atoms with Crippen LogP contribution in [0.5, 0.6) is 0 Å². The van der Waals surface area contributed by atoms with Crippen LogP contribution < -0.4 is 16.4 Å². The molecule has 1 fully saturated rings. The largest absolute Gasteiger partial charge is 0.453 e. The Hall–Kier alpha value is -1.95. The summed E-state index contributed by atoms with van der Waals surface area (Å²) in [5, 5.41) is 5.99. The van der Waals surface area contributed by atoms with Crippen molar-refractivity contribution >= 4 is 23.2 Å². The fraction of sp³-hybridized carbons (Fsp3) is 0.533. The van der Waals surface area contributed by atoms with Crippen LogP contribution in [-0.4, -0.2) is 44.3 Å². The zero-order valence-electron chi connectivity index (χ0n) is 12.7. The van der Waals surface area contributed by atoms with Crippen molar-refractivity contribution in [3.63, 3.8) is 0 Å². The maximum atomic E-state index is 11.2. The molecule has 0 saturated carbocycles. The van der Waals surface area contributed by atoms with Gasteiger partial charge in [0.1, 0.15) is 0 Å². The first-order chi connectivity index (χ1) is 10.1. The number of hydrogen-bond acceptors (Lipinski definition) is 5. The Labute approximate surface area is 125 Å². The second kappa shape index (κ2) is 7.17.